The Hall–Kier alpha value is -2.20. The maximum Gasteiger partial charge on any atom is 0.0908 e. The van der Waals surface area contributed by atoms with E-state index in [9.17, 15) is 0 Å². The van der Waals surface area contributed by atoms with Gasteiger partial charge in [-0.3, -0.25) is 9.98 Å². The van der Waals surface area contributed by atoms with Crippen molar-refractivity contribution in [1.29, 1.82) is 0 Å². The van der Waals surface area contributed by atoms with Crippen molar-refractivity contribution in [3.8, 4) is 5.69 Å². The average molecular weight is 354 g/mol. The molecule has 0 saturated carbocycles. The highest BCUT2D eigenvalue weighted by Crippen LogP contribution is 2.28. The minimum atomic E-state index is 0. The topological polar surface area (TPSA) is 30.2 Å². The van der Waals surface area contributed by atoms with Crippen LogP contribution in [0.3, 0.4) is 0 Å². The molecule has 0 bridgehead atoms. The molecule has 0 radical (unpaired) electrons. The second-order valence-corrected chi connectivity index (χ2v) is 5.08. The highest BCUT2D eigenvalue weighted by Gasteiger charge is 2.23. The molecule has 0 fully saturated rings. The van der Waals surface area contributed by atoms with Crippen LogP contribution in [0, 0.1) is 0 Å². The van der Waals surface area contributed by atoms with Crippen LogP contribution in [0.25, 0.3) is 5.69 Å². The van der Waals surface area contributed by atoms with Crippen molar-refractivity contribution < 1.29 is 0 Å². The molecule has 0 aliphatic carbocycles. The van der Waals surface area contributed by atoms with Crippen LogP contribution < -0.4 is 0 Å². The van der Waals surface area contributed by atoms with E-state index in [-0.39, 0.29) is 17.0 Å². The third-order valence-corrected chi connectivity index (χ3v) is 3.77. The van der Waals surface area contributed by atoms with Gasteiger partial charge in [0.05, 0.1) is 17.1 Å². The van der Waals surface area contributed by atoms with Crippen LogP contribution in [0.2, 0.25) is 0 Å². The summed E-state index contributed by atoms with van der Waals surface area (Å²) in [6, 6.07) is 18.6. The molecule has 0 amide bonds. The van der Waals surface area contributed by atoms with Gasteiger partial charge < -0.3 is 4.57 Å². The first-order chi connectivity index (χ1) is 10.4. The smallest absolute Gasteiger partial charge is 0.0908 e. The number of para-hydroxylation sites is 1. The summed E-state index contributed by atoms with van der Waals surface area (Å²) in [5, 5.41) is 0. The van der Waals surface area contributed by atoms with Gasteiger partial charge in [0.2, 0.25) is 0 Å². The van der Waals surface area contributed by atoms with Crippen LogP contribution >= 0.6 is 17.0 Å². The van der Waals surface area contributed by atoms with Crippen molar-refractivity contribution in [2.24, 2.45) is 4.99 Å². The quantitative estimate of drug-likeness (QED) is 0.550. The molecule has 0 saturated heterocycles. The normalized spacial score (nSPS) is 13.5. The highest BCUT2D eigenvalue weighted by molar-refractivity contribution is 8.93. The summed E-state index contributed by atoms with van der Waals surface area (Å²) in [5.74, 6) is 0. The fraction of sp³-hybridized carbons (Fsp3) is 0.111. The van der Waals surface area contributed by atoms with E-state index in [1.54, 1.807) is 0 Å². The molecular weight excluding hydrogens is 338 g/mol. The van der Waals surface area contributed by atoms with E-state index >= 15 is 0 Å². The fourth-order valence-electron chi connectivity index (χ4n) is 2.80. The molecule has 0 spiro atoms. The molecule has 3 heterocycles. The lowest BCUT2D eigenvalue weighted by Gasteiger charge is -2.01. The van der Waals surface area contributed by atoms with E-state index in [0.717, 1.165) is 24.4 Å². The van der Waals surface area contributed by atoms with E-state index in [1.165, 1.54) is 16.9 Å². The lowest BCUT2D eigenvalue weighted by Crippen LogP contribution is -2.02. The number of aromatic nitrogens is 2. The summed E-state index contributed by atoms with van der Waals surface area (Å²) in [6.45, 7) is 0.756. The number of aliphatic imine (C=N–C) groups is 1. The van der Waals surface area contributed by atoms with Crippen LogP contribution in [0.4, 0.5) is 0 Å². The number of halogens is 1. The molecule has 1 aromatic carbocycles. The van der Waals surface area contributed by atoms with Crippen molar-refractivity contribution in [3.63, 3.8) is 0 Å². The average Bonchev–Trinajstić information content (AvgIpc) is 3.11. The van der Waals surface area contributed by atoms with Crippen molar-refractivity contribution in [2.45, 2.75) is 6.42 Å². The highest BCUT2D eigenvalue weighted by atomic mass is 79.9. The first-order valence-corrected chi connectivity index (χ1v) is 7.15. The Kier molecular flexibility index (Phi) is 4.20. The SMILES string of the molecule is Br.c1ccc(CCN=C2c3ccccc3-n3cccc32)nc1. The molecule has 3 aromatic rings. The van der Waals surface area contributed by atoms with E-state index in [1.807, 2.05) is 24.4 Å². The van der Waals surface area contributed by atoms with E-state index in [2.05, 4.69) is 52.1 Å². The zero-order valence-corrected chi connectivity index (χ0v) is 13.7. The molecule has 1 aliphatic rings. The zero-order chi connectivity index (χ0) is 14.1. The second-order valence-electron chi connectivity index (χ2n) is 5.08. The second kappa shape index (κ2) is 6.28. The Balaban J connectivity index is 0.00000144. The van der Waals surface area contributed by atoms with Gasteiger partial charge in [-0.25, -0.2) is 0 Å². The van der Waals surface area contributed by atoms with Crippen LogP contribution in [0.1, 0.15) is 17.0 Å². The first kappa shape index (κ1) is 14.7. The van der Waals surface area contributed by atoms with Gasteiger partial charge in [0, 0.05) is 36.6 Å². The zero-order valence-electron chi connectivity index (χ0n) is 12.0. The molecule has 4 heteroatoms. The Morgan fingerprint density at radius 2 is 1.82 bits per heavy atom. The summed E-state index contributed by atoms with van der Waals surface area (Å²) in [4.78, 5) is 9.18. The van der Waals surface area contributed by atoms with E-state index < -0.39 is 0 Å². The molecule has 0 atom stereocenters. The largest absolute Gasteiger partial charge is 0.314 e. The van der Waals surface area contributed by atoms with Gasteiger partial charge in [-0.1, -0.05) is 24.3 Å². The minimum Gasteiger partial charge on any atom is -0.314 e. The number of hydrogen-bond donors (Lipinski definition) is 0. The van der Waals surface area contributed by atoms with Crippen molar-refractivity contribution in [1.82, 2.24) is 9.55 Å². The third kappa shape index (κ3) is 2.50. The van der Waals surface area contributed by atoms with Crippen LogP contribution in [-0.4, -0.2) is 21.8 Å². The molecular formula is C18H16BrN3. The molecule has 1 aliphatic heterocycles. The molecule has 3 nitrogen and oxygen atoms in total. The Morgan fingerprint density at radius 1 is 0.955 bits per heavy atom. The van der Waals surface area contributed by atoms with Gasteiger partial charge in [-0.05, 0) is 30.3 Å². The predicted molar refractivity (Wildman–Crippen MR) is 94.5 cm³/mol. The van der Waals surface area contributed by atoms with Gasteiger partial charge >= 0.3 is 0 Å². The number of pyridine rings is 1. The summed E-state index contributed by atoms with van der Waals surface area (Å²) >= 11 is 0. The van der Waals surface area contributed by atoms with Gasteiger partial charge in [0.15, 0.2) is 0 Å². The lowest BCUT2D eigenvalue weighted by molar-refractivity contribution is 0.923. The molecule has 4 rings (SSSR count). The Bertz CT molecular complexity index is 806. The standard InChI is InChI=1S/C18H15N3.BrH/c1-2-8-16-15(7-1)18(17-9-5-13-21(16)17)20-12-10-14-6-3-4-11-19-14;/h1-9,11,13H,10,12H2;1H. The van der Waals surface area contributed by atoms with Gasteiger partial charge in [-0.2, -0.15) is 0 Å². The number of benzene rings is 1. The fourth-order valence-corrected chi connectivity index (χ4v) is 2.80. The van der Waals surface area contributed by atoms with Crippen LogP contribution in [0.15, 0.2) is 72.0 Å². The lowest BCUT2D eigenvalue weighted by atomic mass is 10.1. The molecule has 0 unspecified atom stereocenters. The first-order valence-electron chi connectivity index (χ1n) is 7.15. The van der Waals surface area contributed by atoms with Crippen molar-refractivity contribution in [2.75, 3.05) is 6.54 Å². The molecule has 22 heavy (non-hydrogen) atoms. The number of hydrogen-bond acceptors (Lipinski definition) is 2. The van der Waals surface area contributed by atoms with Gasteiger partial charge in [0.1, 0.15) is 0 Å². The summed E-state index contributed by atoms with van der Waals surface area (Å²) in [6.07, 6.45) is 4.79. The minimum absolute atomic E-state index is 0. The molecule has 2 aromatic heterocycles. The monoisotopic (exact) mass is 353 g/mol. The van der Waals surface area contributed by atoms with E-state index in [4.69, 9.17) is 4.99 Å². The summed E-state index contributed by atoms with van der Waals surface area (Å²) in [7, 11) is 0. The third-order valence-electron chi connectivity index (χ3n) is 3.77. The number of rotatable bonds is 3. The van der Waals surface area contributed by atoms with Crippen LogP contribution in [-0.2, 0) is 6.42 Å². The van der Waals surface area contributed by atoms with E-state index in [0.29, 0.717) is 0 Å². The van der Waals surface area contributed by atoms with Crippen molar-refractivity contribution >= 4 is 22.7 Å². The maximum atomic E-state index is 4.83. The molecule has 0 N–H and O–H groups in total. The Labute approximate surface area is 140 Å². The summed E-state index contributed by atoms with van der Waals surface area (Å²) < 4.78 is 2.20. The molecule has 110 valence electrons. The number of fused-ring (bicyclic) bond motifs is 3. The summed E-state index contributed by atoms with van der Waals surface area (Å²) in [5.41, 5.74) is 5.79. The number of nitrogens with zero attached hydrogens (tertiary/aromatic N) is 3. The van der Waals surface area contributed by atoms with Gasteiger partial charge in [-0.15, -0.1) is 17.0 Å². The predicted octanol–water partition coefficient (Wildman–Crippen LogP) is 3.84. The Morgan fingerprint density at radius 3 is 2.68 bits per heavy atom. The van der Waals surface area contributed by atoms with Gasteiger partial charge in [0.25, 0.3) is 0 Å². The van der Waals surface area contributed by atoms with Crippen molar-refractivity contribution in [3.05, 3.63) is 83.9 Å². The van der Waals surface area contributed by atoms with Crippen LogP contribution in [0.5, 0.6) is 0 Å². The maximum absolute atomic E-state index is 4.83.